The Bertz CT molecular complexity index is 1500. The molecule has 7 nitrogen and oxygen atoms in total. The normalized spacial score (nSPS) is 11.1. The van der Waals surface area contributed by atoms with Gasteiger partial charge in [-0.2, -0.15) is 4.98 Å². The van der Waals surface area contributed by atoms with E-state index in [2.05, 4.69) is 20.4 Å². The van der Waals surface area contributed by atoms with Gasteiger partial charge in [-0.25, -0.2) is 18.4 Å². The van der Waals surface area contributed by atoms with Crippen LogP contribution in [0.1, 0.15) is 11.1 Å². The first kappa shape index (κ1) is 23.2. The lowest BCUT2D eigenvalue weighted by molar-refractivity contribution is 0.414. The molecule has 0 aliphatic heterocycles. The van der Waals surface area contributed by atoms with Crippen molar-refractivity contribution in [3.8, 4) is 17.0 Å². The molecule has 0 saturated carbocycles. The van der Waals surface area contributed by atoms with Gasteiger partial charge < -0.3 is 15.8 Å². The van der Waals surface area contributed by atoms with Crippen molar-refractivity contribution in [3.63, 3.8) is 0 Å². The first-order chi connectivity index (χ1) is 17.5. The number of nitrogens with one attached hydrogen (secondary N) is 1. The van der Waals surface area contributed by atoms with Crippen molar-refractivity contribution in [2.24, 2.45) is 0 Å². The van der Waals surface area contributed by atoms with Crippen molar-refractivity contribution < 1.29 is 13.5 Å². The predicted molar refractivity (Wildman–Crippen MR) is 136 cm³/mol. The molecule has 5 aromatic rings. The minimum absolute atomic E-state index is 0.00781. The number of halogens is 2. The summed E-state index contributed by atoms with van der Waals surface area (Å²) in [6.07, 6.45) is 0.694. The molecule has 0 fully saturated rings. The van der Waals surface area contributed by atoms with E-state index in [1.54, 1.807) is 11.8 Å². The van der Waals surface area contributed by atoms with E-state index in [4.69, 9.17) is 10.5 Å². The number of rotatable bonds is 8. The Morgan fingerprint density at radius 1 is 0.917 bits per heavy atom. The summed E-state index contributed by atoms with van der Waals surface area (Å²) in [5.74, 6) is -0.664. The summed E-state index contributed by atoms with van der Waals surface area (Å²) in [5, 5.41) is 8.11. The summed E-state index contributed by atoms with van der Waals surface area (Å²) >= 11 is 0. The number of fused-ring (bicyclic) bond motifs is 1. The molecule has 0 bridgehead atoms. The first-order valence-electron chi connectivity index (χ1n) is 11.4. The largest absolute Gasteiger partial charge is 0.497 e. The number of nitrogens with two attached hydrogens (primary N) is 1. The maximum absolute atomic E-state index is 14.8. The molecule has 2 aromatic heterocycles. The Balaban J connectivity index is 1.51. The van der Waals surface area contributed by atoms with Crippen LogP contribution < -0.4 is 15.8 Å². The van der Waals surface area contributed by atoms with Gasteiger partial charge in [0.15, 0.2) is 17.3 Å². The van der Waals surface area contributed by atoms with Crippen molar-refractivity contribution in [2.45, 2.75) is 13.0 Å². The summed E-state index contributed by atoms with van der Waals surface area (Å²) in [4.78, 5) is 9.06. The van der Waals surface area contributed by atoms with Crippen molar-refractivity contribution >= 4 is 22.8 Å². The quantitative estimate of drug-likeness (QED) is 0.318. The van der Waals surface area contributed by atoms with Crippen LogP contribution >= 0.6 is 0 Å². The lowest BCUT2D eigenvalue weighted by Gasteiger charge is -2.10. The van der Waals surface area contributed by atoms with Crippen LogP contribution in [-0.4, -0.2) is 33.4 Å². The van der Waals surface area contributed by atoms with E-state index >= 15 is 0 Å². The summed E-state index contributed by atoms with van der Waals surface area (Å²) in [5.41, 5.74) is 8.99. The third-order valence-corrected chi connectivity index (χ3v) is 5.88. The fourth-order valence-electron chi connectivity index (χ4n) is 4.00. The maximum Gasteiger partial charge on any atom is 0.225 e. The summed E-state index contributed by atoms with van der Waals surface area (Å²) in [7, 11) is 1.62. The van der Waals surface area contributed by atoms with Gasteiger partial charge in [-0.1, -0.05) is 48.5 Å². The third kappa shape index (κ3) is 4.68. The molecule has 0 saturated heterocycles. The second-order valence-corrected chi connectivity index (χ2v) is 8.25. The SMILES string of the molecule is COc1ccc(CCNc2nc(-c3cccc(F)c3F)c3c(N)n(Cc4ccccc4)nc3n2)cc1. The second kappa shape index (κ2) is 9.99. The number of benzene rings is 3. The van der Waals surface area contributed by atoms with E-state index in [-0.39, 0.29) is 23.0 Å². The van der Waals surface area contributed by atoms with Crippen LogP contribution in [0.2, 0.25) is 0 Å². The van der Waals surface area contributed by atoms with Gasteiger partial charge in [0, 0.05) is 12.1 Å². The van der Waals surface area contributed by atoms with Crippen LogP contribution in [0.4, 0.5) is 20.5 Å². The molecule has 0 spiro atoms. The third-order valence-electron chi connectivity index (χ3n) is 5.88. The van der Waals surface area contributed by atoms with Crippen LogP contribution in [0.5, 0.6) is 5.75 Å². The number of nitrogens with zero attached hydrogens (tertiary/aromatic N) is 4. The fraction of sp³-hybridized carbons (Fsp3) is 0.148. The van der Waals surface area contributed by atoms with Crippen molar-refractivity contribution in [1.82, 2.24) is 19.7 Å². The Hall–Kier alpha value is -4.53. The Labute approximate surface area is 206 Å². The van der Waals surface area contributed by atoms with Gasteiger partial charge in [0.1, 0.15) is 11.6 Å². The van der Waals surface area contributed by atoms with Gasteiger partial charge in [-0.3, -0.25) is 0 Å². The molecule has 2 heterocycles. The van der Waals surface area contributed by atoms with Crippen molar-refractivity contribution in [2.75, 3.05) is 24.7 Å². The highest BCUT2D eigenvalue weighted by Gasteiger charge is 2.21. The standard InChI is InChI=1S/C27H24F2N6O/c1-36-19-12-10-17(11-13-19)14-15-31-27-32-24(20-8-5-9-21(28)23(20)29)22-25(30)35(34-26(22)33-27)16-18-6-3-2-4-7-18/h2-13H,14-16,30H2,1H3,(H,31,33,34). The Morgan fingerprint density at radius 3 is 2.44 bits per heavy atom. The second-order valence-electron chi connectivity index (χ2n) is 8.25. The molecule has 0 aliphatic carbocycles. The highest BCUT2D eigenvalue weighted by molar-refractivity contribution is 5.99. The van der Waals surface area contributed by atoms with E-state index in [0.717, 1.165) is 22.9 Å². The number of hydrogen-bond acceptors (Lipinski definition) is 6. The molecule has 0 amide bonds. The Morgan fingerprint density at radius 2 is 1.69 bits per heavy atom. The van der Waals surface area contributed by atoms with Crippen LogP contribution in [0.15, 0.2) is 72.8 Å². The van der Waals surface area contributed by atoms with Gasteiger partial charge in [-0.05, 0) is 41.8 Å². The number of methoxy groups -OCH3 is 1. The van der Waals surface area contributed by atoms with E-state index in [1.165, 1.54) is 12.1 Å². The molecule has 0 atom stereocenters. The van der Waals surface area contributed by atoms with Crippen LogP contribution in [0.25, 0.3) is 22.3 Å². The van der Waals surface area contributed by atoms with Crippen LogP contribution in [-0.2, 0) is 13.0 Å². The molecule has 0 unspecified atom stereocenters. The smallest absolute Gasteiger partial charge is 0.225 e. The summed E-state index contributed by atoms with van der Waals surface area (Å²) in [6, 6.07) is 21.4. The molecule has 3 aromatic carbocycles. The first-order valence-corrected chi connectivity index (χ1v) is 11.4. The molecule has 0 radical (unpaired) electrons. The van der Waals surface area contributed by atoms with Crippen molar-refractivity contribution in [1.29, 1.82) is 0 Å². The topological polar surface area (TPSA) is 90.9 Å². The highest BCUT2D eigenvalue weighted by Crippen LogP contribution is 2.33. The van der Waals surface area contributed by atoms with Crippen LogP contribution in [0.3, 0.4) is 0 Å². The molecular formula is C27H24F2N6O. The average molecular weight is 487 g/mol. The minimum Gasteiger partial charge on any atom is -0.497 e. The van der Waals surface area contributed by atoms with Gasteiger partial charge in [0.05, 0.1) is 24.7 Å². The lowest BCUT2D eigenvalue weighted by atomic mass is 10.1. The van der Waals surface area contributed by atoms with Crippen LogP contribution in [0, 0.1) is 11.6 Å². The average Bonchev–Trinajstić information content (AvgIpc) is 3.21. The van der Waals surface area contributed by atoms with Crippen molar-refractivity contribution in [3.05, 3.63) is 95.6 Å². The van der Waals surface area contributed by atoms with E-state index in [9.17, 15) is 8.78 Å². The lowest BCUT2D eigenvalue weighted by Crippen LogP contribution is -2.09. The summed E-state index contributed by atoms with van der Waals surface area (Å²) in [6.45, 7) is 0.914. The number of nitrogen functional groups attached to an aromatic ring is 1. The van der Waals surface area contributed by atoms with E-state index < -0.39 is 11.6 Å². The molecule has 9 heteroatoms. The number of aromatic nitrogens is 4. The molecule has 0 aliphatic rings. The molecule has 5 rings (SSSR count). The van der Waals surface area contributed by atoms with E-state index in [0.29, 0.717) is 30.5 Å². The fourth-order valence-corrected chi connectivity index (χ4v) is 4.00. The molecular weight excluding hydrogens is 462 g/mol. The van der Waals surface area contributed by atoms with Gasteiger partial charge >= 0.3 is 0 Å². The molecule has 182 valence electrons. The zero-order valence-corrected chi connectivity index (χ0v) is 19.6. The summed E-state index contributed by atoms with van der Waals surface area (Å²) < 4.78 is 35.7. The number of anilines is 2. The zero-order chi connectivity index (χ0) is 25.1. The molecule has 3 N–H and O–H groups in total. The minimum atomic E-state index is -1.00. The van der Waals surface area contributed by atoms with Gasteiger partial charge in [-0.15, -0.1) is 5.10 Å². The predicted octanol–water partition coefficient (Wildman–Crippen LogP) is 5.07. The van der Waals surface area contributed by atoms with Gasteiger partial charge in [0.2, 0.25) is 5.95 Å². The number of hydrogen-bond donors (Lipinski definition) is 2. The number of ether oxygens (including phenoxy) is 1. The maximum atomic E-state index is 14.8. The highest BCUT2D eigenvalue weighted by atomic mass is 19.2. The Kier molecular flexibility index (Phi) is 6.44. The zero-order valence-electron chi connectivity index (χ0n) is 19.6. The van der Waals surface area contributed by atoms with Gasteiger partial charge in [0.25, 0.3) is 0 Å². The van der Waals surface area contributed by atoms with E-state index in [1.807, 2.05) is 54.6 Å². The molecule has 36 heavy (non-hydrogen) atoms. The monoisotopic (exact) mass is 486 g/mol.